The molecule has 1 amide bonds. The van der Waals surface area contributed by atoms with Crippen LogP contribution in [0.5, 0.6) is 5.75 Å². The molecule has 1 saturated heterocycles. The molecule has 3 aromatic heterocycles. The van der Waals surface area contributed by atoms with Gasteiger partial charge in [0.25, 0.3) is 0 Å². The first-order valence-electron chi connectivity index (χ1n) is 13.1. The van der Waals surface area contributed by atoms with Gasteiger partial charge in [-0.2, -0.15) is 0 Å². The minimum absolute atomic E-state index is 0.278. The van der Waals surface area contributed by atoms with E-state index in [1.54, 1.807) is 18.4 Å². The van der Waals surface area contributed by atoms with Gasteiger partial charge in [0.05, 0.1) is 40.1 Å². The van der Waals surface area contributed by atoms with Crippen molar-refractivity contribution in [3.8, 4) is 17.0 Å². The number of aryl methyl sites for hydroxylation is 1. The average molecular weight is 554 g/mol. The van der Waals surface area contributed by atoms with E-state index in [-0.39, 0.29) is 5.91 Å². The summed E-state index contributed by atoms with van der Waals surface area (Å²) in [6, 6.07) is 14.1. The van der Waals surface area contributed by atoms with Crippen molar-refractivity contribution in [2.24, 2.45) is 0 Å². The highest BCUT2D eigenvalue weighted by molar-refractivity contribution is 7.17. The summed E-state index contributed by atoms with van der Waals surface area (Å²) in [4.78, 5) is 30.3. The Morgan fingerprint density at radius 1 is 1.12 bits per heavy atom. The summed E-state index contributed by atoms with van der Waals surface area (Å²) in [6.07, 6.45) is 1.27. The fraction of sp³-hybridized carbons (Fsp3) is 0.233. The number of hydrogen-bond acceptors (Lipinski definition) is 8. The second-order valence-corrected chi connectivity index (χ2v) is 10.8. The molecule has 4 heterocycles. The van der Waals surface area contributed by atoms with Crippen LogP contribution in [0.25, 0.3) is 32.4 Å². The predicted molar refractivity (Wildman–Crippen MR) is 164 cm³/mol. The highest BCUT2D eigenvalue weighted by Gasteiger charge is 2.22. The Morgan fingerprint density at radius 2 is 1.93 bits per heavy atom. The monoisotopic (exact) mass is 553 g/mol. The summed E-state index contributed by atoms with van der Waals surface area (Å²) in [5, 5.41) is 9.52. The van der Waals surface area contributed by atoms with Crippen molar-refractivity contribution in [1.29, 1.82) is 0 Å². The third-order valence-electron chi connectivity index (χ3n) is 7.29. The molecule has 0 aliphatic carbocycles. The molecule has 1 aliphatic heterocycles. The third-order valence-corrected chi connectivity index (χ3v) is 8.20. The maximum Gasteiger partial charge on any atom is 0.247 e. The number of fused-ring (bicyclic) bond motifs is 2. The molecule has 5 aromatic rings. The average Bonchev–Trinajstić information content (AvgIpc) is 3.57. The number of piperazine rings is 1. The molecule has 1 aliphatic rings. The molecule has 0 radical (unpaired) electrons. The van der Waals surface area contributed by atoms with Gasteiger partial charge < -0.3 is 30.2 Å². The van der Waals surface area contributed by atoms with Gasteiger partial charge in [0.15, 0.2) is 0 Å². The Labute approximate surface area is 236 Å². The lowest BCUT2D eigenvalue weighted by Gasteiger charge is -2.35. The quantitative estimate of drug-likeness (QED) is 0.220. The Morgan fingerprint density at radius 3 is 2.70 bits per heavy atom. The number of amides is 1. The molecule has 0 atom stereocenters. The van der Waals surface area contributed by atoms with Gasteiger partial charge in [-0.25, -0.2) is 9.97 Å². The van der Waals surface area contributed by atoms with Crippen LogP contribution in [0.4, 0.5) is 23.0 Å². The molecule has 204 valence electrons. The van der Waals surface area contributed by atoms with Crippen molar-refractivity contribution in [3.63, 3.8) is 0 Å². The predicted octanol–water partition coefficient (Wildman–Crippen LogP) is 5.78. The number of H-pyrrole nitrogens is 1. The summed E-state index contributed by atoms with van der Waals surface area (Å²) in [6.45, 7) is 9.24. The first-order valence-corrected chi connectivity index (χ1v) is 14.0. The maximum absolute atomic E-state index is 12.4. The van der Waals surface area contributed by atoms with Crippen LogP contribution in [-0.2, 0) is 4.79 Å². The minimum atomic E-state index is -0.278. The zero-order valence-electron chi connectivity index (χ0n) is 22.7. The van der Waals surface area contributed by atoms with Gasteiger partial charge in [-0.1, -0.05) is 24.8 Å². The molecule has 10 heteroatoms. The molecule has 6 rings (SSSR count). The van der Waals surface area contributed by atoms with Crippen LogP contribution in [-0.4, -0.2) is 66.1 Å². The van der Waals surface area contributed by atoms with E-state index in [0.29, 0.717) is 23.1 Å². The first-order chi connectivity index (χ1) is 19.4. The minimum Gasteiger partial charge on any atom is -0.494 e. The molecule has 3 N–H and O–H groups in total. The lowest BCUT2D eigenvalue weighted by molar-refractivity contribution is -0.111. The number of hydrogen-bond donors (Lipinski definition) is 3. The second-order valence-electron chi connectivity index (χ2n) is 9.88. The summed E-state index contributed by atoms with van der Waals surface area (Å²) < 4.78 is 6.84. The van der Waals surface area contributed by atoms with Crippen LogP contribution >= 0.6 is 11.3 Å². The van der Waals surface area contributed by atoms with Crippen LogP contribution in [0.15, 0.2) is 60.5 Å². The SMILES string of the molecule is C=CC(=O)Nc1cc(Nc2nc(-c3c(C)[nH]c4ccccc34)c3sccc3n2)c(OC)cc1N1CCN(C)CC1. The number of ether oxygens (including phenoxy) is 1. The topological polar surface area (TPSA) is 98.4 Å². The molecule has 2 aromatic carbocycles. The molecule has 0 saturated carbocycles. The Balaban J connectivity index is 1.44. The van der Waals surface area contributed by atoms with Crippen molar-refractivity contribution in [1.82, 2.24) is 19.9 Å². The van der Waals surface area contributed by atoms with Crippen molar-refractivity contribution < 1.29 is 9.53 Å². The third kappa shape index (κ3) is 4.76. The smallest absolute Gasteiger partial charge is 0.247 e. The van der Waals surface area contributed by atoms with Crippen LogP contribution in [0.2, 0.25) is 0 Å². The number of carbonyl (C=O) groups excluding carboxylic acids is 1. The summed E-state index contributed by atoms with van der Waals surface area (Å²) >= 11 is 1.62. The van der Waals surface area contributed by atoms with Crippen LogP contribution in [0.1, 0.15) is 5.69 Å². The van der Waals surface area contributed by atoms with Crippen LogP contribution in [0, 0.1) is 6.92 Å². The summed E-state index contributed by atoms with van der Waals surface area (Å²) in [7, 11) is 3.75. The van der Waals surface area contributed by atoms with E-state index in [4.69, 9.17) is 14.7 Å². The zero-order chi connectivity index (χ0) is 27.8. The Hall–Kier alpha value is -4.41. The van der Waals surface area contributed by atoms with Crippen molar-refractivity contribution in [3.05, 3.63) is 66.2 Å². The Bertz CT molecular complexity index is 1730. The number of aromatic amines is 1. The number of nitrogens with zero attached hydrogens (tertiary/aromatic N) is 4. The van der Waals surface area contributed by atoms with Gasteiger partial charge in [0.1, 0.15) is 5.75 Å². The number of rotatable bonds is 7. The Kier molecular flexibility index (Phi) is 6.87. The van der Waals surface area contributed by atoms with Crippen molar-refractivity contribution in [2.75, 3.05) is 55.9 Å². The fourth-order valence-corrected chi connectivity index (χ4v) is 6.05. The molecular weight excluding hydrogens is 522 g/mol. The number of benzene rings is 2. The van der Waals surface area contributed by atoms with E-state index in [0.717, 1.165) is 69.9 Å². The van der Waals surface area contributed by atoms with Crippen molar-refractivity contribution in [2.45, 2.75) is 6.92 Å². The molecule has 0 unspecified atom stereocenters. The number of likely N-dealkylation sites (N-methyl/N-ethyl adjacent to an activating group) is 1. The van der Waals surface area contributed by atoms with E-state index in [1.807, 2.05) is 35.7 Å². The molecule has 0 spiro atoms. The molecule has 9 nitrogen and oxygen atoms in total. The van der Waals surface area contributed by atoms with Gasteiger partial charge in [0, 0.05) is 54.4 Å². The van der Waals surface area contributed by atoms with E-state index in [2.05, 4.69) is 58.1 Å². The normalized spacial score (nSPS) is 14.0. The van der Waals surface area contributed by atoms with Gasteiger partial charge in [-0.3, -0.25) is 4.79 Å². The van der Waals surface area contributed by atoms with Gasteiger partial charge in [-0.15, -0.1) is 11.3 Å². The fourth-order valence-electron chi connectivity index (χ4n) is 5.22. The standard InChI is InChI=1S/C30H31N7O2S/c1-5-26(38)32-22-16-23(25(39-4)17-24(22)37-13-11-36(3)12-14-37)34-30-33-21-10-15-40-29(21)28(35-30)27-18(2)31-20-9-7-6-8-19(20)27/h5-10,15-17,31H,1,11-14H2,2-4H3,(H,32,38)(H,33,34,35). The number of methoxy groups -OCH3 is 1. The van der Waals surface area contributed by atoms with Crippen LogP contribution < -0.4 is 20.3 Å². The van der Waals surface area contributed by atoms with E-state index >= 15 is 0 Å². The molecule has 0 bridgehead atoms. The number of aromatic nitrogens is 3. The second kappa shape index (κ2) is 10.6. The van der Waals surface area contributed by atoms with E-state index in [9.17, 15) is 4.79 Å². The lowest BCUT2D eigenvalue weighted by atomic mass is 10.1. The highest BCUT2D eigenvalue weighted by atomic mass is 32.1. The van der Waals surface area contributed by atoms with E-state index in [1.165, 1.54) is 6.08 Å². The molecule has 1 fully saturated rings. The highest BCUT2D eigenvalue weighted by Crippen LogP contribution is 2.41. The van der Waals surface area contributed by atoms with Crippen molar-refractivity contribution >= 4 is 61.4 Å². The number of anilines is 4. The zero-order valence-corrected chi connectivity index (χ0v) is 23.6. The number of para-hydroxylation sites is 1. The summed E-state index contributed by atoms with van der Waals surface area (Å²) in [5.41, 5.74) is 7.11. The van der Waals surface area contributed by atoms with E-state index < -0.39 is 0 Å². The van der Waals surface area contributed by atoms with Gasteiger partial charge >= 0.3 is 0 Å². The number of carbonyl (C=O) groups is 1. The largest absolute Gasteiger partial charge is 0.494 e. The molecule has 40 heavy (non-hydrogen) atoms. The molecular formula is C30H31N7O2S. The first kappa shape index (κ1) is 25.8. The lowest BCUT2D eigenvalue weighted by Crippen LogP contribution is -2.44. The number of nitrogens with one attached hydrogen (secondary N) is 3. The van der Waals surface area contributed by atoms with Gasteiger partial charge in [-0.05, 0) is 43.6 Å². The number of thiophene rings is 1. The van der Waals surface area contributed by atoms with Crippen LogP contribution in [0.3, 0.4) is 0 Å². The summed E-state index contributed by atoms with van der Waals surface area (Å²) in [5.74, 6) is 0.793. The van der Waals surface area contributed by atoms with Gasteiger partial charge in [0.2, 0.25) is 11.9 Å². The maximum atomic E-state index is 12.4.